The highest BCUT2D eigenvalue weighted by atomic mass is 35.5. The van der Waals surface area contributed by atoms with Crippen LogP contribution in [0.5, 0.6) is 0 Å². The molecule has 1 aromatic carbocycles. The Morgan fingerprint density at radius 2 is 1.95 bits per heavy atom. The van der Waals surface area contributed by atoms with Crippen LogP contribution in [-0.4, -0.2) is 25.1 Å². The van der Waals surface area contributed by atoms with E-state index in [9.17, 15) is 4.79 Å². The summed E-state index contributed by atoms with van der Waals surface area (Å²) < 4.78 is 0. The van der Waals surface area contributed by atoms with E-state index in [2.05, 4.69) is 25.1 Å². The normalized spacial score (nSPS) is 11.4. The lowest BCUT2D eigenvalue weighted by atomic mass is 10.2. The van der Waals surface area contributed by atoms with E-state index in [0.29, 0.717) is 21.9 Å². The van der Waals surface area contributed by atoms with Gasteiger partial charge in [0.05, 0.1) is 21.6 Å². The molecule has 7 heteroatoms. The van der Waals surface area contributed by atoms with Gasteiger partial charge < -0.3 is 15.2 Å². The van der Waals surface area contributed by atoms with E-state index in [1.165, 1.54) is 6.20 Å². The van der Waals surface area contributed by atoms with E-state index in [1.54, 1.807) is 6.07 Å². The Labute approximate surface area is 116 Å². The molecule has 0 fully saturated rings. The largest absolute Gasteiger partial charge is 0.328 e. The van der Waals surface area contributed by atoms with E-state index in [0.717, 1.165) is 16.4 Å². The summed E-state index contributed by atoms with van der Waals surface area (Å²) in [5, 5.41) is 7.24. The molecule has 0 unspecified atom stereocenters. The number of aromatic nitrogens is 5. The molecule has 20 heavy (non-hydrogen) atoms. The van der Waals surface area contributed by atoms with Crippen LogP contribution in [-0.2, 0) is 0 Å². The predicted octanol–water partition coefficient (Wildman–Crippen LogP) is 2.45. The molecule has 3 N–H and O–H groups in total. The lowest BCUT2D eigenvalue weighted by Gasteiger charge is -1.96. The summed E-state index contributed by atoms with van der Waals surface area (Å²) in [6, 6.07) is 5.39. The number of hydrogen-bond donors (Lipinski definition) is 3. The van der Waals surface area contributed by atoms with E-state index < -0.39 is 0 Å². The van der Waals surface area contributed by atoms with Crippen LogP contribution in [0.3, 0.4) is 0 Å². The van der Waals surface area contributed by atoms with E-state index >= 15 is 0 Å². The fourth-order valence-corrected chi connectivity index (χ4v) is 2.45. The van der Waals surface area contributed by atoms with Gasteiger partial charge in [0.15, 0.2) is 5.82 Å². The van der Waals surface area contributed by atoms with Gasteiger partial charge in [0.2, 0.25) is 0 Å². The van der Waals surface area contributed by atoms with Crippen LogP contribution in [0.2, 0.25) is 5.02 Å². The smallest absolute Gasteiger partial charge is 0.260 e. The zero-order valence-electron chi connectivity index (χ0n) is 10.1. The van der Waals surface area contributed by atoms with E-state index in [-0.39, 0.29) is 5.56 Å². The molecule has 0 bridgehead atoms. The Hall–Kier alpha value is -2.60. The first-order valence-corrected chi connectivity index (χ1v) is 6.31. The molecule has 0 aliphatic rings. The molecule has 0 aliphatic carbocycles. The maximum Gasteiger partial charge on any atom is 0.260 e. The molecule has 0 atom stereocenters. The monoisotopic (exact) mass is 285 g/mol. The van der Waals surface area contributed by atoms with Crippen molar-refractivity contribution in [3.8, 4) is 11.4 Å². The third kappa shape index (κ3) is 1.55. The van der Waals surface area contributed by atoms with Crippen molar-refractivity contribution in [1.82, 2.24) is 25.1 Å². The molecule has 3 aromatic heterocycles. The van der Waals surface area contributed by atoms with Gasteiger partial charge in [-0.3, -0.25) is 4.79 Å². The highest BCUT2D eigenvalue weighted by Gasteiger charge is 2.14. The van der Waals surface area contributed by atoms with Crippen molar-refractivity contribution >= 4 is 33.5 Å². The number of rotatable bonds is 1. The molecule has 0 amide bonds. The number of imidazole rings is 1. The maximum atomic E-state index is 11.9. The quantitative estimate of drug-likeness (QED) is 0.502. The Morgan fingerprint density at radius 1 is 1.15 bits per heavy atom. The molecular weight excluding hydrogens is 278 g/mol. The van der Waals surface area contributed by atoms with Crippen LogP contribution in [0, 0.1) is 0 Å². The second kappa shape index (κ2) is 3.94. The summed E-state index contributed by atoms with van der Waals surface area (Å²) >= 11 is 6.06. The van der Waals surface area contributed by atoms with Crippen molar-refractivity contribution in [2.24, 2.45) is 0 Å². The Balaban J connectivity index is 2.03. The number of hydrogen-bond acceptors (Lipinski definition) is 3. The van der Waals surface area contributed by atoms with Crippen LogP contribution in [0.1, 0.15) is 0 Å². The SMILES string of the molecule is O=c1[nH]ccc(Cl)c1-c1nc2cc3c[nH][nH]c3cc2n1. The molecule has 0 aliphatic heterocycles. The van der Waals surface area contributed by atoms with E-state index in [4.69, 9.17) is 11.6 Å². The van der Waals surface area contributed by atoms with Crippen molar-refractivity contribution in [2.75, 3.05) is 0 Å². The molecule has 0 spiro atoms. The molecule has 6 nitrogen and oxygen atoms in total. The van der Waals surface area contributed by atoms with Gasteiger partial charge >= 0.3 is 0 Å². The number of fused-ring (bicyclic) bond motifs is 2. The second-order valence-corrected chi connectivity index (χ2v) is 4.83. The molecule has 4 aromatic rings. The molecule has 3 heterocycles. The molecule has 0 radical (unpaired) electrons. The number of nitrogens with one attached hydrogen (secondary N) is 3. The van der Waals surface area contributed by atoms with Crippen LogP contribution in [0.4, 0.5) is 0 Å². The summed E-state index contributed by atoms with van der Waals surface area (Å²) in [5.74, 6) is 0.337. The first kappa shape index (κ1) is 11.2. The number of aromatic amines is 3. The van der Waals surface area contributed by atoms with Gasteiger partial charge in [-0.2, -0.15) is 0 Å². The molecule has 0 saturated carbocycles. The highest BCUT2D eigenvalue weighted by molar-refractivity contribution is 6.33. The lowest BCUT2D eigenvalue weighted by Crippen LogP contribution is -2.08. The maximum absolute atomic E-state index is 11.9. The number of H-pyrrole nitrogens is 3. The number of benzene rings is 1. The van der Waals surface area contributed by atoms with Gasteiger partial charge in [0, 0.05) is 17.8 Å². The number of pyridine rings is 1. The molecule has 98 valence electrons. The Morgan fingerprint density at radius 3 is 2.75 bits per heavy atom. The zero-order chi connectivity index (χ0) is 13.7. The minimum absolute atomic E-state index is 0.292. The number of halogens is 1. The average molecular weight is 286 g/mol. The van der Waals surface area contributed by atoms with Crippen LogP contribution in [0.25, 0.3) is 33.3 Å². The predicted molar refractivity (Wildman–Crippen MR) is 76.8 cm³/mol. The summed E-state index contributed by atoms with van der Waals surface area (Å²) in [4.78, 5) is 23.2. The van der Waals surface area contributed by atoms with Gasteiger partial charge in [0.25, 0.3) is 5.56 Å². The minimum atomic E-state index is -0.299. The zero-order valence-corrected chi connectivity index (χ0v) is 10.8. The molecular formula is C13H8ClN5O. The highest BCUT2D eigenvalue weighted by Crippen LogP contribution is 2.25. The van der Waals surface area contributed by atoms with Crippen molar-refractivity contribution in [3.05, 3.63) is 46.0 Å². The van der Waals surface area contributed by atoms with Gasteiger partial charge in [-0.15, -0.1) is 0 Å². The third-order valence-corrected chi connectivity index (χ3v) is 3.48. The first-order chi connectivity index (χ1) is 9.72. The standard InChI is InChI=1S/C13H8ClN5O/c14-7-1-2-15-13(20)11(7)12-17-9-3-6-5-16-19-8(6)4-10(9)18-12/h1-5,16,19H,(H,15,20). The fourth-order valence-electron chi connectivity index (χ4n) is 2.22. The van der Waals surface area contributed by atoms with E-state index in [1.807, 2.05) is 18.3 Å². The second-order valence-electron chi connectivity index (χ2n) is 4.42. The van der Waals surface area contributed by atoms with Gasteiger partial charge in [-0.1, -0.05) is 11.6 Å². The average Bonchev–Trinajstić information content (AvgIpc) is 3.00. The summed E-state index contributed by atoms with van der Waals surface area (Å²) in [5.41, 5.74) is 2.35. The van der Waals surface area contributed by atoms with Crippen molar-refractivity contribution < 1.29 is 0 Å². The molecule has 0 saturated heterocycles. The summed E-state index contributed by atoms with van der Waals surface area (Å²) in [6.07, 6.45) is 3.33. The van der Waals surface area contributed by atoms with Crippen LogP contribution in [0.15, 0.2) is 35.4 Å². The lowest BCUT2D eigenvalue weighted by molar-refractivity contribution is 1.12. The first-order valence-electron chi connectivity index (χ1n) is 5.93. The topological polar surface area (TPSA) is 90.2 Å². The van der Waals surface area contributed by atoms with Crippen molar-refractivity contribution in [2.45, 2.75) is 0 Å². The summed E-state index contributed by atoms with van der Waals surface area (Å²) in [7, 11) is 0. The van der Waals surface area contributed by atoms with Gasteiger partial charge in [-0.05, 0) is 18.2 Å². The van der Waals surface area contributed by atoms with Crippen LogP contribution < -0.4 is 5.56 Å². The Kier molecular flexibility index (Phi) is 2.22. The van der Waals surface area contributed by atoms with Crippen LogP contribution >= 0.6 is 11.6 Å². The third-order valence-electron chi connectivity index (χ3n) is 3.17. The number of nitrogens with zero attached hydrogens (tertiary/aromatic N) is 2. The van der Waals surface area contributed by atoms with Crippen molar-refractivity contribution in [1.29, 1.82) is 0 Å². The summed E-state index contributed by atoms with van der Waals surface area (Å²) in [6.45, 7) is 0. The minimum Gasteiger partial charge on any atom is -0.328 e. The fraction of sp³-hybridized carbons (Fsp3) is 0. The van der Waals surface area contributed by atoms with Gasteiger partial charge in [-0.25, -0.2) is 9.97 Å². The van der Waals surface area contributed by atoms with Crippen molar-refractivity contribution in [3.63, 3.8) is 0 Å². The molecule has 4 rings (SSSR count). The Bertz CT molecular complexity index is 949. The van der Waals surface area contributed by atoms with Gasteiger partial charge in [0.1, 0.15) is 5.56 Å².